The number of alkyl halides is 3. The van der Waals surface area contributed by atoms with Crippen molar-refractivity contribution in [1.82, 2.24) is 19.5 Å². The van der Waals surface area contributed by atoms with E-state index in [2.05, 4.69) is 20.1 Å². The first-order chi connectivity index (χ1) is 13.9. The van der Waals surface area contributed by atoms with Crippen LogP contribution in [0.4, 0.5) is 13.2 Å². The molecule has 3 heterocycles. The SMILES string of the molecule is CCS(=O)(=O)c1cc(ON=C(C)C)cnc1-c1nc2cc(C(F)(F)F)ncc2n1C. The van der Waals surface area contributed by atoms with Gasteiger partial charge in [0.2, 0.25) is 0 Å². The average molecular weight is 441 g/mol. The highest BCUT2D eigenvalue weighted by Gasteiger charge is 2.33. The van der Waals surface area contributed by atoms with Crippen molar-refractivity contribution >= 4 is 26.6 Å². The predicted molar refractivity (Wildman–Crippen MR) is 104 cm³/mol. The molecule has 0 aliphatic heterocycles. The number of pyridine rings is 2. The van der Waals surface area contributed by atoms with Crippen LogP contribution in [0, 0.1) is 0 Å². The van der Waals surface area contributed by atoms with E-state index in [1.54, 1.807) is 20.9 Å². The zero-order valence-corrected chi connectivity index (χ0v) is 17.3. The van der Waals surface area contributed by atoms with Crippen molar-refractivity contribution in [3.8, 4) is 17.3 Å². The van der Waals surface area contributed by atoms with E-state index in [0.29, 0.717) is 11.2 Å². The van der Waals surface area contributed by atoms with Crippen molar-refractivity contribution < 1.29 is 26.4 Å². The molecular weight excluding hydrogens is 423 g/mol. The number of hydrogen-bond donors (Lipinski definition) is 0. The van der Waals surface area contributed by atoms with E-state index in [0.717, 1.165) is 12.3 Å². The van der Waals surface area contributed by atoms with E-state index in [9.17, 15) is 21.6 Å². The fourth-order valence-electron chi connectivity index (χ4n) is 2.64. The molecule has 0 saturated heterocycles. The van der Waals surface area contributed by atoms with Gasteiger partial charge in [-0.1, -0.05) is 12.1 Å². The molecule has 12 heteroatoms. The number of aromatic nitrogens is 4. The second-order valence-electron chi connectivity index (χ2n) is 6.60. The highest BCUT2D eigenvalue weighted by Crippen LogP contribution is 2.33. The zero-order valence-electron chi connectivity index (χ0n) is 16.5. The number of fused-ring (bicyclic) bond motifs is 1. The standard InChI is InChI=1S/C18H18F3N5O3S/c1-5-30(27,28)14-6-11(29-25-10(2)3)8-23-16(14)17-24-12-7-15(18(19,20)21)22-9-13(12)26(17)4/h6-9H,5H2,1-4H3. The topological polar surface area (TPSA) is 99.3 Å². The van der Waals surface area contributed by atoms with Crippen LogP contribution in [-0.4, -0.2) is 39.4 Å². The van der Waals surface area contributed by atoms with E-state index >= 15 is 0 Å². The molecule has 0 aliphatic carbocycles. The van der Waals surface area contributed by atoms with Gasteiger partial charge in [0.1, 0.15) is 16.3 Å². The van der Waals surface area contributed by atoms with E-state index < -0.39 is 21.7 Å². The minimum Gasteiger partial charge on any atom is -0.355 e. The van der Waals surface area contributed by atoms with Gasteiger partial charge in [0.15, 0.2) is 21.4 Å². The maximum Gasteiger partial charge on any atom is 0.433 e. The maximum absolute atomic E-state index is 13.0. The third-order valence-electron chi connectivity index (χ3n) is 4.15. The van der Waals surface area contributed by atoms with Gasteiger partial charge in [-0.15, -0.1) is 0 Å². The molecule has 0 spiro atoms. The average Bonchev–Trinajstić information content (AvgIpc) is 3.01. The van der Waals surface area contributed by atoms with Crippen molar-refractivity contribution in [3.05, 3.63) is 30.2 Å². The monoisotopic (exact) mass is 441 g/mol. The Morgan fingerprint density at radius 2 is 1.90 bits per heavy atom. The Balaban J connectivity index is 2.22. The number of imidazole rings is 1. The Morgan fingerprint density at radius 1 is 1.20 bits per heavy atom. The van der Waals surface area contributed by atoms with Crippen molar-refractivity contribution in [2.45, 2.75) is 31.8 Å². The smallest absolute Gasteiger partial charge is 0.355 e. The van der Waals surface area contributed by atoms with Gasteiger partial charge in [-0.3, -0.25) is 0 Å². The van der Waals surface area contributed by atoms with Crippen molar-refractivity contribution in [2.24, 2.45) is 12.2 Å². The summed E-state index contributed by atoms with van der Waals surface area (Å²) in [6.07, 6.45) is -2.31. The summed E-state index contributed by atoms with van der Waals surface area (Å²) in [6, 6.07) is 2.08. The Bertz CT molecular complexity index is 1250. The van der Waals surface area contributed by atoms with Gasteiger partial charge in [-0.05, 0) is 19.9 Å². The first kappa shape index (κ1) is 21.7. The molecule has 0 radical (unpaired) electrons. The van der Waals surface area contributed by atoms with Gasteiger partial charge in [0, 0.05) is 13.1 Å². The third kappa shape index (κ3) is 4.13. The summed E-state index contributed by atoms with van der Waals surface area (Å²) < 4.78 is 65.7. The number of sulfone groups is 1. The summed E-state index contributed by atoms with van der Waals surface area (Å²) in [6.45, 7) is 4.87. The lowest BCUT2D eigenvalue weighted by atomic mass is 10.3. The summed E-state index contributed by atoms with van der Waals surface area (Å²) in [7, 11) is -2.22. The fourth-order valence-corrected chi connectivity index (χ4v) is 3.68. The van der Waals surface area contributed by atoms with Crippen LogP contribution in [0.2, 0.25) is 0 Å². The van der Waals surface area contributed by atoms with E-state index in [4.69, 9.17) is 4.84 Å². The molecule has 0 bridgehead atoms. The van der Waals surface area contributed by atoms with Crippen molar-refractivity contribution in [2.75, 3.05) is 5.75 Å². The number of hydrogen-bond acceptors (Lipinski definition) is 7. The summed E-state index contributed by atoms with van der Waals surface area (Å²) in [5.74, 6) is -0.0306. The number of aryl methyl sites for hydroxylation is 1. The number of oxime groups is 1. The van der Waals surface area contributed by atoms with Crippen LogP contribution >= 0.6 is 0 Å². The summed E-state index contributed by atoms with van der Waals surface area (Å²) in [4.78, 5) is 16.8. The van der Waals surface area contributed by atoms with Gasteiger partial charge < -0.3 is 9.40 Å². The lowest BCUT2D eigenvalue weighted by Crippen LogP contribution is -2.09. The summed E-state index contributed by atoms with van der Waals surface area (Å²) in [5, 5.41) is 3.78. The maximum atomic E-state index is 13.0. The second-order valence-corrected chi connectivity index (χ2v) is 8.85. The Kier molecular flexibility index (Phi) is 5.54. The molecule has 0 aliphatic rings. The molecule has 30 heavy (non-hydrogen) atoms. The van der Waals surface area contributed by atoms with Gasteiger partial charge in [0.05, 0.1) is 34.9 Å². The molecule has 3 aromatic rings. The van der Waals surface area contributed by atoms with E-state index in [1.165, 1.54) is 23.8 Å². The molecule has 0 amide bonds. The molecule has 0 fully saturated rings. The molecule has 3 aromatic heterocycles. The lowest BCUT2D eigenvalue weighted by molar-refractivity contribution is -0.141. The normalized spacial score (nSPS) is 12.2. The molecule has 0 unspecified atom stereocenters. The van der Waals surface area contributed by atoms with Crippen LogP contribution in [0.15, 0.2) is 34.6 Å². The van der Waals surface area contributed by atoms with E-state index in [1.807, 2.05) is 0 Å². The molecule has 0 aromatic carbocycles. The molecule has 8 nitrogen and oxygen atoms in total. The third-order valence-corrected chi connectivity index (χ3v) is 5.89. The zero-order chi connectivity index (χ0) is 22.3. The van der Waals surface area contributed by atoms with Crippen LogP contribution in [0.1, 0.15) is 26.5 Å². The molecule has 0 N–H and O–H groups in total. The summed E-state index contributed by atoms with van der Waals surface area (Å²) >= 11 is 0. The number of rotatable bonds is 5. The Hall–Kier alpha value is -3.02. The molecule has 0 atom stereocenters. The molecule has 0 saturated carbocycles. The van der Waals surface area contributed by atoms with Gasteiger partial charge in [-0.25, -0.2) is 23.4 Å². The van der Waals surface area contributed by atoms with Crippen LogP contribution in [-0.2, 0) is 23.1 Å². The van der Waals surface area contributed by atoms with Crippen molar-refractivity contribution in [3.63, 3.8) is 0 Å². The van der Waals surface area contributed by atoms with Crippen LogP contribution < -0.4 is 4.84 Å². The second kappa shape index (κ2) is 7.67. The number of nitrogens with zero attached hydrogens (tertiary/aromatic N) is 5. The lowest BCUT2D eigenvalue weighted by Gasteiger charge is -2.10. The first-order valence-electron chi connectivity index (χ1n) is 8.75. The Labute approximate surface area is 170 Å². The molecular formula is C18H18F3N5O3S. The fraction of sp³-hybridized carbons (Fsp3) is 0.333. The first-order valence-corrected chi connectivity index (χ1v) is 10.4. The van der Waals surface area contributed by atoms with Gasteiger partial charge >= 0.3 is 6.18 Å². The molecule has 3 rings (SSSR count). The Morgan fingerprint density at radius 3 is 2.50 bits per heavy atom. The predicted octanol–water partition coefficient (Wildman–Crippen LogP) is 3.62. The number of halogens is 3. The minimum atomic E-state index is -4.63. The minimum absolute atomic E-state index is 0.00587. The van der Waals surface area contributed by atoms with Crippen molar-refractivity contribution in [1.29, 1.82) is 0 Å². The summed E-state index contributed by atoms with van der Waals surface area (Å²) in [5.41, 5.74) is -0.171. The highest BCUT2D eigenvalue weighted by atomic mass is 32.2. The molecule has 160 valence electrons. The van der Waals surface area contributed by atoms with Gasteiger partial charge in [0.25, 0.3) is 0 Å². The van der Waals surface area contributed by atoms with Crippen LogP contribution in [0.3, 0.4) is 0 Å². The van der Waals surface area contributed by atoms with Crippen LogP contribution in [0.25, 0.3) is 22.6 Å². The quantitative estimate of drug-likeness (QED) is 0.443. The largest absolute Gasteiger partial charge is 0.433 e. The van der Waals surface area contributed by atoms with Gasteiger partial charge in [-0.2, -0.15) is 13.2 Å². The van der Waals surface area contributed by atoms with Crippen LogP contribution in [0.5, 0.6) is 5.75 Å². The van der Waals surface area contributed by atoms with E-state index in [-0.39, 0.29) is 33.4 Å². The highest BCUT2D eigenvalue weighted by molar-refractivity contribution is 7.91.